The summed E-state index contributed by atoms with van der Waals surface area (Å²) in [4.78, 5) is 0. The second-order valence-corrected chi connectivity index (χ2v) is 5.32. The number of nitrogen functional groups attached to an aromatic ring is 1. The molecule has 0 aliphatic rings. The largest absolute Gasteiger partial charge is 0.489 e. The van der Waals surface area contributed by atoms with Gasteiger partial charge in [0, 0.05) is 11.6 Å². The van der Waals surface area contributed by atoms with Crippen LogP contribution < -0.4 is 10.5 Å². The maximum Gasteiger partial charge on any atom is 0.313 e. The third-order valence-corrected chi connectivity index (χ3v) is 3.49. The lowest BCUT2D eigenvalue weighted by molar-refractivity contribution is 0.306. The van der Waals surface area contributed by atoms with E-state index in [1.165, 1.54) is 12.1 Å². The van der Waals surface area contributed by atoms with Crippen molar-refractivity contribution in [1.82, 2.24) is 10.2 Å². The normalized spacial score (nSPS) is 11.1. The summed E-state index contributed by atoms with van der Waals surface area (Å²) in [5.41, 5.74) is 6.95. The molecule has 0 radical (unpaired) electrons. The van der Waals surface area contributed by atoms with Gasteiger partial charge in [0.2, 0.25) is 5.89 Å². The highest BCUT2D eigenvalue weighted by Gasteiger charge is 2.04. The van der Waals surface area contributed by atoms with Gasteiger partial charge in [-0.25, -0.2) is 4.39 Å². The molecule has 0 atom stereocenters. The van der Waals surface area contributed by atoms with E-state index in [0.717, 1.165) is 5.56 Å². The lowest BCUT2D eigenvalue weighted by Gasteiger charge is -2.08. The predicted molar refractivity (Wildman–Crippen MR) is 89.8 cm³/mol. The molecule has 0 fully saturated rings. The number of nitrogens with two attached hydrogens (primary N) is 1. The highest BCUT2D eigenvalue weighted by atomic mass is 35.5. The number of nitrogens with zero attached hydrogens (tertiary/aromatic N) is 2. The van der Waals surface area contributed by atoms with Gasteiger partial charge in [0.05, 0.1) is 5.02 Å². The molecule has 3 rings (SSSR count). The van der Waals surface area contributed by atoms with Crippen LogP contribution in [-0.2, 0) is 6.61 Å². The van der Waals surface area contributed by atoms with Gasteiger partial charge in [-0.15, -0.1) is 5.10 Å². The second kappa shape index (κ2) is 7.14. The number of halogens is 2. The van der Waals surface area contributed by atoms with Crippen LogP contribution in [0.5, 0.6) is 5.75 Å². The van der Waals surface area contributed by atoms with Crippen molar-refractivity contribution in [1.29, 1.82) is 0 Å². The van der Waals surface area contributed by atoms with Crippen LogP contribution in [0.3, 0.4) is 0 Å². The van der Waals surface area contributed by atoms with E-state index in [2.05, 4.69) is 10.2 Å². The highest BCUT2D eigenvalue weighted by Crippen LogP contribution is 2.21. The Labute approximate surface area is 142 Å². The molecule has 1 heterocycles. The predicted octanol–water partition coefficient (Wildman–Crippen LogP) is 4.19. The minimum Gasteiger partial charge on any atom is -0.489 e. The van der Waals surface area contributed by atoms with Crippen molar-refractivity contribution in [3.63, 3.8) is 0 Å². The molecule has 0 aliphatic heterocycles. The van der Waals surface area contributed by atoms with Crippen LogP contribution >= 0.6 is 11.6 Å². The third-order valence-electron chi connectivity index (χ3n) is 3.14. The van der Waals surface area contributed by atoms with Crippen molar-refractivity contribution in [3.05, 3.63) is 70.3 Å². The fourth-order valence-electron chi connectivity index (χ4n) is 1.99. The molecular weight excluding hydrogens is 333 g/mol. The van der Waals surface area contributed by atoms with E-state index in [1.54, 1.807) is 18.2 Å². The van der Waals surface area contributed by atoms with Crippen LogP contribution in [0, 0.1) is 5.82 Å². The van der Waals surface area contributed by atoms with Crippen LogP contribution in [0.25, 0.3) is 12.2 Å². The summed E-state index contributed by atoms with van der Waals surface area (Å²) in [6.07, 6.45) is 3.45. The zero-order valence-corrected chi connectivity index (χ0v) is 13.2. The molecule has 0 spiro atoms. The van der Waals surface area contributed by atoms with E-state index in [9.17, 15) is 4.39 Å². The van der Waals surface area contributed by atoms with Gasteiger partial charge in [-0.05, 0) is 35.9 Å². The molecule has 0 aliphatic carbocycles. The minimum atomic E-state index is -0.377. The van der Waals surface area contributed by atoms with Crippen molar-refractivity contribution in [2.24, 2.45) is 0 Å². The van der Waals surface area contributed by atoms with Crippen LogP contribution in [0.1, 0.15) is 17.0 Å². The van der Waals surface area contributed by atoms with Gasteiger partial charge in [-0.3, -0.25) is 0 Å². The van der Waals surface area contributed by atoms with Gasteiger partial charge < -0.3 is 14.9 Å². The minimum absolute atomic E-state index is 0.0166. The Bertz CT molecular complexity index is 880. The van der Waals surface area contributed by atoms with E-state index in [-0.39, 0.29) is 18.4 Å². The average molecular weight is 346 g/mol. The number of hydrogen-bond donors (Lipinski definition) is 1. The summed E-state index contributed by atoms with van der Waals surface area (Å²) >= 11 is 5.98. The first kappa shape index (κ1) is 16.0. The van der Waals surface area contributed by atoms with Gasteiger partial charge in [0.1, 0.15) is 18.2 Å². The molecule has 3 aromatic rings. The molecule has 1 aromatic heterocycles. The van der Waals surface area contributed by atoms with E-state index in [1.807, 2.05) is 24.3 Å². The highest BCUT2D eigenvalue weighted by molar-refractivity contribution is 6.31. The van der Waals surface area contributed by atoms with E-state index >= 15 is 0 Å². The number of hydrogen-bond acceptors (Lipinski definition) is 5. The Kier molecular flexibility index (Phi) is 4.77. The Morgan fingerprint density at radius 1 is 1.17 bits per heavy atom. The molecule has 0 saturated heterocycles. The molecule has 24 heavy (non-hydrogen) atoms. The average Bonchev–Trinajstić information content (AvgIpc) is 2.98. The number of anilines is 1. The summed E-state index contributed by atoms with van der Waals surface area (Å²) in [6.45, 7) is 0.243. The van der Waals surface area contributed by atoms with E-state index in [0.29, 0.717) is 22.2 Å². The molecule has 2 N–H and O–H groups in total. The summed E-state index contributed by atoms with van der Waals surface area (Å²) in [7, 11) is 0. The van der Waals surface area contributed by atoms with Gasteiger partial charge >= 0.3 is 6.01 Å². The smallest absolute Gasteiger partial charge is 0.313 e. The van der Waals surface area contributed by atoms with E-state index in [4.69, 9.17) is 26.5 Å². The van der Waals surface area contributed by atoms with Crippen LogP contribution in [0.15, 0.2) is 46.9 Å². The van der Waals surface area contributed by atoms with Gasteiger partial charge in [-0.1, -0.05) is 34.9 Å². The SMILES string of the molecule is Nc1nnc(/C=C/c2cccc(OCc3ccc(F)cc3Cl)c2)o1. The molecule has 122 valence electrons. The summed E-state index contributed by atoms with van der Waals surface area (Å²) in [6, 6.07) is 11.6. The molecule has 5 nitrogen and oxygen atoms in total. The van der Waals surface area contributed by atoms with Crippen molar-refractivity contribution >= 4 is 29.8 Å². The van der Waals surface area contributed by atoms with Gasteiger partial charge in [-0.2, -0.15) is 0 Å². The number of ether oxygens (including phenoxy) is 1. The van der Waals surface area contributed by atoms with Crippen LogP contribution in [0.2, 0.25) is 5.02 Å². The third kappa shape index (κ3) is 4.11. The molecule has 2 aromatic carbocycles. The first-order valence-corrected chi connectivity index (χ1v) is 7.42. The quantitative estimate of drug-likeness (QED) is 0.750. The maximum absolute atomic E-state index is 13.0. The van der Waals surface area contributed by atoms with Crippen LogP contribution in [-0.4, -0.2) is 10.2 Å². The first-order valence-electron chi connectivity index (χ1n) is 7.04. The fourth-order valence-corrected chi connectivity index (χ4v) is 2.21. The Morgan fingerprint density at radius 2 is 2.04 bits per heavy atom. The monoisotopic (exact) mass is 345 g/mol. The van der Waals surface area contributed by atoms with Crippen molar-refractivity contribution in [2.75, 3.05) is 5.73 Å². The van der Waals surface area contributed by atoms with Crippen molar-refractivity contribution in [3.8, 4) is 5.75 Å². The fraction of sp³-hybridized carbons (Fsp3) is 0.0588. The maximum atomic E-state index is 13.0. The number of rotatable bonds is 5. The molecule has 0 bridgehead atoms. The van der Waals surface area contributed by atoms with Gasteiger partial charge in [0.25, 0.3) is 0 Å². The zero-order valence-electron chi connectivity index (χ0n) is 12.4. The lowest BCUT2D eigenvalue weighted by atomic mass is 10.2. The van der Waals surface area contributed by atoms with Crippen LogP contribution in [0.4, 0.5) is 10.4 Å². The first-order chi connectivity index (χ1) is 11.6. The summed E-state index contributed by atoms with van der Waals surface area (Å²) < 4.78 is 23.8. The second-order valence-electron chi connectivity index (χ2n) is 4.91. The Hall–Kier alpha value is -2.86. The van der Waals surface area contributed by atoms with E-state index < -0.39 is 0 Å². The Morgan fingerprint density at radius 3 is 2.79 bits per heavy atom. The van der Waals surface area contributed by atoms with Crippen molar-refractivity contribution in [2.45, 2.75) is 6.61 Å². The molecule has 0 saturated carbocycles. The standard InChI is InChI=1S/C17H13ClFN3O2/c18-15-9-13(19)6-5-12(15)10-23-14-3-1-2-11(8-14)4-7-16-21-22-17(20)24-16/h1-9H,10H2,(H2,20,22)/b7-4+. The summed E-state index contributed by atoms with van der Waals surface area (Å²) in [5, 5.41) is 7.64. The molecule has 0 amide bonds. The Balaban J connectivity index is 1.67. The lowest BCUT2D eigenvalue weighted by Crippen LogP contribution is -1.96. The van der Waals surface area contributed by atoms with Gasteiger partial charge in [0.15, 0.2) is 0 Å². The summed E-state index contributed by atoms with van der Waals surface area (Å²) in [5.74, 6) is 0.594. The number of benzene rings is 2. The topological polar surface area (TPSA) is 74.2 Å². The molecule has 0 unspecified atom stereocenters. The molecular formula is C17H13ClFN3O2. The van der Waals surface area contributed by atoms with Crippen molar-refractivity contribution < 1.29 is 13.5 Å². The molecule has 7 heteroatoms. The zero-order chi connectivity index (χ0) is 16.9. The number of aromatic nitrogens is 2.